The molecule has 4 heteroatoms. The second-order valence-corrected chi connectivity index (χ2v) is 5.65. The van der Waals surface area contributed by atoms with Gasteiger partial charge in [0.25, 0.3) is 0 Å². The molecular weight excluding hydrogens is 286 g/mol. The Morgan fingerprint density at radius 3 is 2.70 bits per heavy atom. The predicted molar refractivity (Wildman–Crippen MR) is 97.1 cm³/mol. The molecule has 0 atom stereocenters. The standard InChI is InChI=1S/C19H25N3O/c1-4-23-18-11-6-5-8-16(18)13-21-19(20)22-17-10-7-9-15(12-17)14(2)3/h5-12,14H,4,13H2,1-3H3,(H3,20,21,22). The molecular formula is C19H25N3O. The number of rotatable bonds is 6. The van der Waals surface area contributed by atoms with Crippen LogP contribution in [0.15, 0.2) is 53.5 Å². The van der Waals surface area contributed by atoms with Gasteiger partial charge in [-0.2, -0.15) is 0 Å². The molecule has 0 aromatic heterocycles. The van der Waals surface area contributed by atoms with Crippen molar-refractivity contribution in [3.63, 3.8) is 0 Å². The lowest BCUT2D eigenvalue weighted by atomic mass is 10.0. The van der Waals surface area contributed by atoms with Crippen LogP contribution in [-0.4, -0.2) is 12.6 Å². The minimum Gasteiger partial charge on any atom is -0.494 e. The Kier molecular flexibility index (Phi) is 6.03. The molecule has 0 radical (unpaired) electrons. The molecule has 23 heavy (non-hydrogen) atoms. The monoisotopic (exact) mass is 311 g/mol. The molecule has 0 aliphatic carbocycles. The van der Waals surface area contributed by atoms with Gasteiger partial charge in [-0.15, -0.1) is 0 Å². The van der Waals surface area contributed by atoms with Gasteiger partial charge in [-0.25, -0.2) is 4.99 Å². The van der Waals surface area contributed by atoms with Crippen molar-refractivity contribution in [2.75, 3.05) is 11.9 Å². The van der Waals surface area contributed by atoms with E-state index in [1.54, 1.807) is 0 Å². The zero-order valence-electron chi connectivity index (χ0n) is 14.0. The summed E-state index contributed by atoms with van der Waals surface area (Å²) in [6.07, 6.45) is 0. The van der Waals surface area contributed by atoms with E-state index in [1.807, 2.05) is 43.3 Å². The minimum absolute atomic E-state index is 0.400. The van der Waals surface area contributed by atoms with Gasteiger partial charge < -0.3 is 15.8 Å². The maximum absolute atomic E-state index is 6.00. The van der Waals surface area contributed by atoms with Crippen molar-refractivity contribution in [2.45, 2.75) is 33.2 Å². The number of nitrogens with one attached hydrogen (secondary N) is 1. The zero-order chi connectivity index (χ0) is 16.7. The second-order valence-electron chi connectivity index (χ2n) is 5.65. The van der Waals surface area contributed by atoms with Crippen molar-refractivity contribution in [1.82, 2.24) is 0 Å². The zero-order valence-corrected chi connectivity index (χ0v) is 14.0. The van der Waals surface area contributed by atoms with Crippen molar-refractivity contribution in [3.05, 3.63) is 59.7 Å². The van der Waals surface area contributed by atoms with Gasteiger partial charge >= 0.3 is 0 Å². The first kappa shape index (κ1) is 16.9. The van der Waals surface area contributed by atoms with Crippen molar-refractivity contribution in [1.29, 1.82) is 0 Å². The van der Waals surface area contributed by atoms with E-state index in [9.17, 15) is 0 Å². The van der Waals surface area contributed by atoms with Gasteiger partial charge in [0, 0.05) is 11.3 Å². The van der Waals surface area contributed by atoms with Crippen LogP contribution in [0.25, 0.3) is 0 Å². The Bertz CT molecular complexity index is 665. The largest absolute Gasteiger partial charge is 0.494 e. The average Bonchev–Trinajstić information content (AvgIpc) is 2.54. The molecule has 0 aliphatic rings. The number of nitrogens with zero attached hydrogens (tertiary/aromatic N) is 1. The molecule has 0 spiro atoms. The van der Waals surface area contributed by atoms with Crippen LogP contribution in [0.5, 0.6) is 5.75 Å². The topological polar surface area (TPSA) is 59.6 Å². The Balaban J connectivity index is 2.05. The molecule has 0 fully saturated rings. The van der Waals surface area contributed by atoms with E-state index >= 15 is 0 Å². The van der Waals surface area contributed by atoms with Crippen LogP contribution >= 0.6 is 0 Å². The number of benzene rings is 2. The molecule has 0 unspecified atom stereocenters. The Hall–Kier alpha value is -2.49. The SMILES string of the molecule is CCOc1ccccc1CN=C(N)Nc1cccc(C(C)C)c1. The highest BCUT2D eigenvalue weighted by molar-refractivity contribution is 5.92. The third-order valence-electron chi connectivity index (χ3n) is 3.52. The van der Waals surface area contributed by atoms with Gasteiger partial charge in [-0.3, -0.25) is 0 Å². The van der Waals surface area contributed by atoms with Gasteiger partial charge in [0.15, 0.2) is 5.96 Å². The first-order valence-corrected chi connectivity index (χ1v) is 7.97. The van der Waals surface area contributed by atoms with Gasteiger partial charge in [0.05, 0.1) is 13.2 Å². The molecule has 4 nitrogen and oxygen atoms in total. The van der Waals surface area contributed by atoms with Crippen molar-refractivity contribution in [2.24, 2.45) is 10.7 Å². The third-order valence-corrected chi connectivity index (χ3v) is 3.52. The molecule has 0 aliphatic heterocycles. The molecule has 122 valence electrons. The van der Waals surface area contributed by atoms with Crippen LogP contribution in [0.1, 0.15) is 37.8 Å². The molecule has 2 rings (SSSR count). The normalized spacial score (nSPS) is 11.6. The van der Waals surface area contributed by atoms with Crippen LogP contribution in [0.4, 0.5) is 5.69 Å². The molecule has 0 heterocycles. The first-order valence-electron chi connectivity index (χ1n) is 7.97. The van der Waals surface area contributed by atoms with Crippen LogP contribution in [0.2, 0.25) is 0 Å². The lowest BCUT2D eigenvalue weighted by molar-refractivity contribution is 0.336. The summed E-state index contributed by atoms with van der Waals surface area (Å²) in [7, 11) is 0. The highest BCUT2D eigenvalue weighted by Crippen LogP contribution is 2.20. The van der Waals surface area contributed by atoms with E-state index in [0.717, 1.165) is 17.0 Å². The fourth-order valence-electron chi connectivity index (χ4n) is 2.26. The van der Waals surface area contributed by atoms with E-state index in [1.165, 1.54) is 5.56 Å². The lowest BCUT2D eigenvalue weighted by Crippen LogP contribution is -2.22. The number of hydrogen-bond donors (Lipinski definition) is 2. The summed E-state index contributed by atoms with van der Waals surface area (Å²) in [6, 6.07) is 16.1. The van der Waals surface area contributed by atoms with E-state index in [-0.39, 0.29) is 0 Å². The second kappa shape index (κ2) is 8.22. The molecule has 0 saturated heterocycles. The molecule has 0 amide bonds. The molecule has 2 aromatic carbocycles. The number of ether oxygens (including phenoxy) is 1. The molecule has 2 aromatic rings. The van der Waals surface area contributed by atoms with Crippen LogP contribution in [0.3, 0.4) is 0 Å². The summed E-state index contributed by atoms with van der Waals surface area (Å²) in [5, 5.41) is 3.15. The fourth-order valence-corrected chi connectivity index (χ4v) is 2.26. The molecule has 0 bridgehead atoms. The Labute approximate surface area is 138 Å². The Morgan fingerprint density at radius 2 is 1.96 bits per heavy atom. The van der Waals surface area contributed by atoms with E-state index in [0.29, 0.717) is 25.0 Å². The minimum atomic E-state index is 0.400. The summed E-state index contributed by atoms with van der Waals surface area (Å²) in [5.74, 6) is 1.73. The van der Waals surface area contributed by atoms with Crippen LogP contribution in [-0.2, 0) is 6.54 Å². The number of anilines is 1. The molecule has 3 N–H and O–H groups in total. The average molecular weight is 311 g/mol. The van der Waals surface area contributed by atoms with E-state index in [4.69, 9.17) is 10.5 Å². The Morgan fingerprint density at radius 1 is 1.17 bits per heavy atom. The number of nitrogens with two attached hydrogens (primary N) is 1. The first-order chi connectivity index (χ1) is 11.1. The van der Waals surface area contributed by atoms with Crippen molar-refractivity contribution >= 4 is 11.6 Å². The summed E-state index contributed by atoms with van der Waals surface area (Å²) in [4.78, 5) is 4.41. The fraction of sp³-hybridized carbons (Fsp3) is 0.316. The van der Waals surface area contributed by atoms with Gasteiger partial charge in [-0.05, 0) is 36.6 Å². The number of para-hydroxylation sites is 1. The summed E-state index contributed by atoms with van der Waals surface area (Å²) < 4.78 is 5.60. The third kappa shape index (κ3) is 5.02. The van der Waals surface area contributed by atoms with Crippen LogP contribution in [0, 0.1) is 0 Å². The highest BCUT2D eigenvalue weighted by Gasteiger charge is 2.03. The molecule has 0 saturated carbocycles. The lowest BCUT2D eigenvalue weighted by Gasteiger charge is -2.11. The van der Waals surface area contributed by atoms with Gasteiger partial charge in [0.2, 0.25) is 0 Å². The maximum Gasteiger partial charge on any atom is 0.193 e. The predicted octanol–water partition coefficient (Wildman–Crippen LogP) is 4.14. The van der Waals surface area contributed by atoms with Crippen LogP contribution < -0.4 is 15.8 Å². The van der Waals surface area contributed by atoms with Crippen molar-refractivity contribution in [3.8, 4) is 5.75 Å². The van der Waals surface area contributed by atoms with Gasteiger partial charge in [0.1, 0.15) is 5.75 Å². The summed E-state index contributed by atoms with van der Waals surface area (Å²) >= 11 is 0. The van der Waals surface area contributed by atoms with E-state index < -0.39 is 0 Å². The quantitative estimate of drug-likeness (QED) is 0.623. The number of guanidine groups is 1. The number of hydrogen-bond acceptors (Lipinski definition) is 2. The maximum atomic E-state index is 6.00. The summed E-state index contributed by atoms with van der Waals surface area (Å²) in [6.45, 7) is 7.43. The summed E-state index contributed by atoms with van der Waals surface area (Å²) in [5.41, 5.74) is 9.25. The van der Waals surface area contributed by atoms with E-state index in [2.05, 4.69) is 36.3 Å². The van der Waals surface area contributed by atoms with Crippen molar-refractivity contribution < 1.29 is 4.74 Å². The highest BCUT2D eigenvalue weighted by atomic mass is 16.5. The van der Waals surface area contributed by atoms with Gasteiger partial charge in [-0.1, -0.05) is 44.2 Å². The number of aliphatic imine (C=N–C) groups is 1. The smallest absolute Gasteiger partial charge is 0.193 e.